The van der Waals surface area contributed by atoms with Crippen LogP contribution < -0.4 is 0 Å². The number of hydrogen-bond donors (Lipinski definition) is 2. The predicted molar refractivity (Wildman–Crippen MR) is 57.7 cm³/mol. The van der Waals surface area contributed by atoms with Crippen molar-refractivity contribution in [1.29, 1.82) is 0 Å². The molecule has 0 amide bonds. The van der Waals surface area contributed by atoms with Gasteiger partial charge in [0.1, 0.15) is 0 Å². The topological polar surface area (TPSA) is 57.5 Å². The summed E-state index contributed by atoms with van der Waals surface area (Å²) in [4.78, 5) is 10.8. The van der Waals surface area contributed by atoms with Crippen LogP contribution in [0.2, 0.25) is 0 Å². The van der Waals surface area contributed by atoms with E-state index in [1.165, 1.54) is 0 Å². The summed E-state index contributed by atoms with van der Waals surface area (Å²) in [5.74, 6) is -1.33. The number of rotatable bonds is 5. The SMILES string of the molecule is Cc1ccc(CC(CCO)C(=O)O)cc1. The molecule has 82 valence electrons. The number of hydrogen-bond acceptors (Lipinski definition) is 2. The molecule has 0 radical (unpaired) electrons. The van der Waals surface area contributed by atoms with Crippen LogP contribution in [0.1, 0.15) is 17.5 Å². The van der Waals surface area contributed by atoms with Crippen molar-refractivity contribution in [2.24, 2.45) is 5.92 Å². The summed E-state index contributed by atoms with van der Waals surface area (Å²) >= 11 is 0. The summed E-state index contributed by atoms with van der Waals surface area (Å²) in [6.45, 7) is 1.91. The number of benzene rings is 1. The van der Waals surface area contributed by atoms with Gasteiger partial charge in [0.2, 0.25) is 0 Å². The highest BCUT2D eigenvalue weighted by molar-refractivity contribution is 5.70. The van der Waals surface area contributed by atoms with E-state index in [0.29, 0.717) is 12.8 Å². The van der Waals surface area contributed by atoms with E-state index in [2.05, 4.69) is 0 Å². The highest BCUT2D eigenvalue weighted by Crippen LogP contribution is 2.13. The van der Waals surface area contributed by atoms with Crippen molar-refractivity contribution >= 4 is 5.97 Å². The summed E-state index contributed by atoms with van der Waals surface area (Å²) in [7, 11) is 0. The van der Waals surface area contributed by atoms with E-state index in [-0.39, 0.29) is 6.61 Å². The Balaban J connectivity index is 2.65. The van der Waals surface area contributed by atoms with E-state index in [1.54, 1.807) is 0 Å². The number of aliphatic hydroxyl groups excluding tert-OH is 1. The van der Waals surface area contributed by atoms with Crippen LogP contribution in [0.5, 0.6) is 0 Å². The van der Waals surface area contributed by atoms with Gasteiger partial charge in [0.25, 0.3) is 0 Å². The Labute approximate surface area is 89.4 Å². The van der Waals surface area contributed by atoms with E-state index in [9.17, 15) is 4.79 Å². The molecule has 15 heavy (non-hydrogen) atoms. The molecule has 1 aromatic carbocycles. The molecule has 0 aliphatic rings. The maximum Gasteiger partial charge on any atom is 0.306 e. The molecule has 0 aliphatic heterocycles. The van der Waals surface area contributed by atoms with Crippen LogP contribution in [0, 0.1) is 12.8 Å². The lowest BCUT2D eigenvalue weighted by Gasteiger charge is -2.10. The lowest BCUT2D eigenvalue weighted by atomic mass is 9.96. The second kappa shape index (κ2) is 5.51. The summed E-state index contributed by atoms with van der Waals surface area (Å²) in [5, 5.41) is 17.7. The second-order valence-corrected chi connectivity index (χ2v) is 3.74. The third-order valence-corrected chi connectivity index (χ3v) is 2.43. The van der Waals surface area contributed by atoms with E-state index < -0.39 is 11.9 Å². The number of aliphatic hydroxyl groups is 1. The summed E-state index contributed by atoms with van der Waals surface area (Å²) in [6.07, 6.45) is 0.791. The van der Waals surface area contributed by atoms with Gasteiger partial charge < -0.3 is 10.2 Å². The lowest BCUT2D eigenvalue weighted by molar-refractivity contribution is -0.142. The highest BCUT2D eigenvalue weighted by atomic mass is 16.4. The minimum atomic E-state index is -0.843. The zero-order chi connectivity index (χ0) is 11.3. The molecule has 0 aliphatic carbocycles. The lowest BCUT2D eigenvalue weighted by Crippen LogP contribution is -2.17. The Kier molecular flexibility index (Phi) is 4.31. The number of carbonyl (C=O) groups is 1. The van der Waals surface area contributed by atoms with Crippen LogP contribution in [-0.4, -0.2) is 22.8 Å². The predicted octanol–water partition coefficient (Wildman–Crippen LogP) is 1.62. The van der Waals surface area contributed by atoms with Crippen molar-refractivity contribution in [2.45, 2.75) is 19.8 Å². The zero-order valence-corrected chi connectivity index (χ0v) is 8.81. The van der Waals surface area contributed by atoms with Gasteiger partial charge in [-0.3, -0.25) is 4.79 Å². The van der Waals surface area contributed by atoms with Crippen molar-refractivity contribution in [2.75, 3.05) is 6.61 Å². The molecule has 0 saturated heterocycles. The van der Waals surface area contributed by atoms with Gasteiger partial charge >= 0.3 is 5.97 Å². The molecule has 2 N–H and O–H groups in total. The zero-order valence-electron chi connectivity index (χ0n) is 8.81. The van der Waals surface area contributed by atoms with Gasteiger partial charge in [0, 0.05) is 6.61 Å². The first kappa shape index (κ1) is 11.7. The van der Waals surface area contributed by atoms with Crippen LogP contribution in [0.4, 0.5) is 0 Å². The van der Waals surface area contributed by atoms with E-state index in [1.807, 2.05) is 31.2 Å². The summed E-state index contributed by atoms with van der Waals surface area (Å²) in [6, 6.07) is 7.80. The second-order valence-electron chi connectivity index (χ2n) is 3.74. The first-order valence-electron chi connectivity index (χ1n) is 5.02. The normalized spacial score (nSPS) is 12.4. The Morgan fingerprint density at radius 2 is 1.93 bits per heavy atom. The molecule has 1 unspecified atom stereocenters. The van der Waals surface area contributed by atoms with Gasteiger partial charge in [-0.25, -0.2) is 0 Å². The fourth-order valence-corrected chi connectivity index (χ4v) is 1.48. The third-order valence-electron chi connectivity index (χ3n) is 2.43. The number of carboxylic acid groups (broad SMARTS) is 1. The van der Waals surface area contributed by atoms with E-state index in [4.69, 9.17) is 10.2 Å². The van der Waals surface area contributed by atoms with Crippen molar-refractivity contribution in [3.63, 3.8) is 0 Å². The largest absolute Gasteiger partial charge is 0.481 e. The molecular formula is C12H16O3. The molecule has 3 heteroatoms. The fraction of sp³-hybridized carbons (Fsp3) is 0.417. The standard InChI is InChI=1S/C12H16O3/c1-9-2-4-10(5-3-9)8-11(6-7-13)12(14)15/h2-5,11,13H,6-8H2,1H3,(H,14,15). The molecule has 0 bridgehead atoms. The Bertz CT molecular complexity index is 316. The third kappa shape index (κ3) is 3.72. The summed E-state index contributed by atoms with van der Waals surface area (Å²) in [5.41, 5.74) is 2.16. The molecule has 0 aromatic heterocycles. The number of aryl methyl sites for hydroxylation is 1. The van der Waals surface area contributed by atoms with Gasteiger partial charge in [-0.15, -0.1) is 0 Å². The molecule has 0 heterocycles. The minimum Gasteiger partial charge on any atom is -0.481 e. The Hall–Kier alpha value is -1.35. The van der Waals surface area contributed by atoms with E-state index >= 15 is 0 Å². The quantitative estimate of drug-likeness (QED) is 0.773. The minimum absolute atomic E-state index is 0.0805. The van der Waals surface area contributed by atoms with E-state index in [0.717, 1.165) is 11.1 Å². The monoisotopic (exact) mass is 208 g/mol. The number of carboxylic acids is 1. The molecule has 0 saturated carbocycles. The molecule has 0 spiro atoms. The summed E-state index contributed by atoms with van der Waals surface area (Å²) < 4.78 is 0. The van der Waals surface area contributed by atoms with Crippen LogP contribution in [-0.2, 0) is 11.2 Å². The smallest absolute Gasteiger partial charge is 0.306 e. The maximum atomic E-state index is 10.8. The first-order valence-corrected chi connectivity index (χ1v) is 5.02. The van der Waals surface area contributed by atoms with Gasteiger partial charge in [-0.1, -0.05) is 29.8 Å². The fourth-order valence-electron chi connectivity index (χ4n) is 1.48. The maximum absolute atomic E-state index is 10.8. The van der Waals surface area contributed by atoms with Crippen LogP contribution in [0.25, 0.3) is 0 Å². The van der Waals surface area contributed by atoms with Crippen molar-refractivity contribution in [1.82, 2.24) is 0 Å². The van der Waals surface area contributed by atoms with Crippen LogP contribution >= 0.6 is 0 Å². The molecule has 1 rings (SSSR count). The van der Waals surface area contributed by atoms with Crippen molar-refractivity contribution in [3.8, 4) is 0 Å². The van der Waals surface area contributed by atoms with Gasteiger partial charge in [-0.05, 0) is 25.3 Å². The van der Waals surface area contributed by atoms with Gasteiger partial charge in [0.05, 0.1) is 5.92 Å². The van der Waals surface area contributed by atoms with Gasteiger partial charge in [-0.2, -0.15) is 0 Å². The van der Waals surface area contributed by atoms with Gasteiger partial charge in [0.15, 0.2) is 0 Å². The molecule has 0 fully saturated rings. The Morgan fingerprint density at radius 1 is 1.33 bits per heavy atom. The van der Waals surface area contributed by atoms with Crippen LogP contribution in [0.3, 0.4) is 0 Å². The van der Waals surface area contributed by atoms with Crippen molar-refractivity contribution < 1.29 is 15.0 Å². The average Bonchev–Trinajstić information content (AvgIpc) is 2.20. The first-order chi connectivity index (χ1) is 7.13. The molecule has 3 nitrogen and oxygen atoms in total. The van der Waals surface area contributed by atoms with Crippen molar-refractivity contribution in [3.05, 3.63) is 35.4 Å². The molecular weight excluding hydrogens is 192 g/mol. The van der Waals surface area contributed by atoms with Crippen LogP contribution in [0.15, 0.2) is 24.3 Å². The Morgan fingerprint density at radius 3 is 2.40 bits per heavy atom. The molecule has 1 atom stereocenters. The average molecular weight is 208 g/mol. The highest BCUT2D eigenvalue weighted by Gasteiger charge is 2.16. The molecule has 1 aromatic rings. The number of aliphatic carboxylic acids is 1.